The van der Waals surface area contributed by atoms with Crippen molar-refractivity contribution in [3.8, 4) is 0 Å². The van der Waals surface area contributed by atoms with E-state index in [4.69, 9.17) is 5.11 Å². The van der Waals surface area contributed by atoms with E-state index in [1.54, 1.807) is 37.3 Å². The summed E-state index contributed by atoms with van der Waals surface area (Å²) in [6.45, 7) is 0.637. The van der Waals surface area contributed by atoms with Crippen molar-refractivity contribution in [2.24, 2.45) is 11.8 Å². The molecular weight excluding hydrogens is 377 g/mol. The van der Waals surface area contributed by atoms with E-state index in [0.717, 1.165) is 4.90 Å². The van der Waals surface area contributed by atoms with Crippen molar-refractivity contribution in [2.75, 3.05) is 19.6 Å². The summed E-state index contributed by atoms with van der Waals surface area (Å²) < 4.78 is 39.7. The van der Waals surface area contributed by atoms with E-state index in [1.165, 1.54) is 4.90 Å². The highest BCUT2D eigenvalue weighted by Crippen LogP contribution is 2.40. The van der Waals surface area contributed by atoms with Gasteiger partial charge in [0.05, 0.1) is 11.8 Å². The Labute approximate surface area is 159 Å². The standard InChI is InChI=1S/C19H21F3N2O4/c1-18(8-5-9-24(18)15(25)12-6-3-2-4-7-12)17(28)23-10-13(16(26)27)14(11-23)19(20,21)22/h2-4,6-7,13-14H,5,8-11H2,1H3,(H,26,27)/t13-,14-,18?/m1/s1. The lowest BCUT2D eigenvalue weighted by molar-refractivity contribution is -0.188. The van der Waals surface area contributed by atoms with Crippen molar-refractivity contribution >= 4 is 17.8 Å². The molecule has 2 aliphatic rings. The fourth-order valence-electron chi connectivity index (χ4n) is 4.14. The lowest BCUT2D eigenvalue weighted by Crippen LogP contribution is -2.56. The number of carboxylic acids is 1. The molecule has 1 unspecified atom stereocenters. The molecular formula is C19H21F3N2O4. The van der Waals surface area contributed by atoms with E-state index < -0.39 is 48.5 Å². The average Bonchev–Trinajstić information content (AvgIpc) is 3.26. The molecule has 0 aliphatic carbocycles. The number of hydrogen-bond acceptors (Lipinski definition) is 3. The minimum atomic E-state index is -4.71. The van der Waals surface area contributed by atoms with Crippen molar-refractivity contribution in [2.45, 2.75) is 31.5 Å². The van der Waals surface area contributed by atoms with Gasteiger partial charge in [-0.05, 0) is 31.9 Å². The fraction of sp³-hybridized carbons (Fsp3) is 0.526. The van der Waals surface area contributed by atoms with Gasteiger partial charge < -0.3 is 14.9 Å². The molecule has 1 aromatic rings. The number of carbonyl (C=O) groups is 3. The molecule has 1 aromatic carbocycles. The van der Waals surface area contributed by atoms with Gasteiger partial charge >= 0.3 is 12.1 Å². The second-order valence-electron chi connectivity index (χ2n) is 7.50. The van der Waals surface area contributed by atoms with Gasteiger partial charge in [0, 0.05) is 25.2 Å². The first-order valence-corrected chi connectivity index (χ1v) is 9.01. The van der Waals surface area contributed by atoms with E-state index in [1.807, 2.05) is 0 Å². The number of rotatable bonds is 3. The molecule has 6 nitrogen and oxygen atoms in total. The Morgan fingerprint density at radius 3 is 2.32 bits per heavy atom. The minimum absolute atomic E-state index is 0.314. The quantitative estimate of drug-likeness (QED) is 0.848. The fourth-order valence-corrected chi connectivity index (χ4v) is 4.14. The Bertz CT molecular complexity index is 783. The summed E-state index contributed by atoms with van der Waals surface area (Å²) in [7, 11) is 0. The van der Waals surface area contributed by atoms with Crippen LogP contribution in [0, 0.1) is 11.8 Å². The van der Waals surface area contributed by atoms with Crippen molar-refractivity contribution in [3.05, 3.63) is 35.9 Å². The first-order valence-electron chi connectivity index (χ1n) is 9.01. The molecule has 2 fully saturated rings. The topological polar surface area (TPSA) is 77.9 Å². The SMILES string of the molecule is CC1(C(=O)N2C[C@@H](C(F)(F)F)[C@H](C(=O)O)C2)CCCN1C(=O)c1ccccc1. The predicted octanol–water partition coefficient (Wildman–Crippen LogP) is 2.40. The maximum absolute atomic E-state index is 13.2. The summed E-state index contributed by atoms with van der Waals surface area (Å²) >= 11 is 0. The number of nitrogens with zero attached hydrogens (tertiary/aromatic N) is 2. The zero-order valence-electron chi connectivity index (χ0n) is 15.3. The summed E-state index contributed by atoms with van der Waals surface area (Å²) in [5, 5.41) is 9.16. The van der Waals surface area contributed by atoms with Gasteiger partial charge in [-0.2, -0.15) is 13.2 Å². The van der Waals surface area contributed by atoms with E-state index >= 15 is 0 Å². The Hall–Kier alpha value is -2.58. The second-order valence-corrected chi connectivity index (χ2v) is 7.50. The minimum Gasteiger partial charge on any atom is -0.481 e. The summed E-state index contributed by atoms with van der Waals surface area (Å²) in [5.41, 5.74) is -0.905. The van der Waals surface area contributed by atoms with E-state index in [2.05, 4.69) is 0 Å². The van der Waals surface area contributed by atoms with Crippen LogP contribution < -0.4 is 0 Å². The number of aliphatic carboxylic acids is 1. The van der Waals surface area contributed by atoms with Gasteiger partial charge in [-0.3, -0.25) is 14.4 Å². The van der Waals surface area contributed by atoms with Crippen molar-refractivity contribution in [1.29, 1.82) is 0 Å². The number of carboxylic acid groups (broad SMARTS) is 1. The van der Waals surface area contributed by atoms with Crippen molar-refractivity contribution in [1.82, 2.24) is 9.80 Å². The van der Waals surface area contributed by atoms with E-state index in [0.29, 0.717) is 24.9 Å². The summed E-state index contributed by atoms with van der Waals surface area (Å²) in [6.07, 6.45) is -3.86. The molecule has 1 N–H and O–H groups in total. The maximum Gasteiger partial charge on any atom is 0.394 e. The van der Waals surface area contributed by atoms with Gasteiger partial charge in [-0.15, -0.1) is 0 Å². The second kappa shape index (κ2) is 7.10. The molecule has 2 heterocycles. The Balaban J connectivity index is 1.84. The van der Waals surface area contributed by atoms with Crippen LogP contribution in [0.4, 0.5) is 13.2 Å². The van der Waals surface area contributed by atoms with E-state index in [-0.39, 0.29) is 5.91 Å². The summed E-state index contributed by atoms with van der Waals surface area (Å²) in [4.78, 5) is 39.6. The van der Waals surface area contributed by atoms with Crippen LogP contribution >= 0.6 is 0 Å². The zero-order valence-corrected chi connectivity index (χ0v) is 15.3. The largest absolute Gasteiger partial charge is 0.481 e. The maximum atomic E-state index is 13.2. The number of carbonyl (C=O) groups excluding carboxylic acids is 2. The molecule has 0 spiro atoms. The van der Waals surface area contributed by atoms with Gasteiger partial charge in [-0.25, -0.2) is 0 Å². The van der Waals surface area contributed by atoms with Gasteiger partial charge in [0.2, 0.25) is 5.91 Å². The molecule has 152 valence electrons. The van der Waals surface area contributed by atoms with Crippen LogP contribution in [0.15, 0.2) is 30.3 Å². The lowest BCUT2D eigenvalue weighted by atomic mass is 9.96. The smallest absolute Gasteiger partial charge is 0.394 e. The monoisotopic (exact) mass is 398 g/mol. The highest BCUT2D eigenvalue weighted by atomic mass is 19.4. The van der Waals surface area contributed by atoms with Crippen LogP contribution in [0.2, 0.25) is 0 Å². The Morgan fingerprint density at radius 2 is 1.79 bits per heavy atom. The van der Waals surface area contributed by atoms with Gasteiger partial charge in [0.25, 0.3) is 5.91 Å². The molecule has 28 heavy (non-hydrogen) atoms. The number of amides is 2. The molecule has 0 aromatic heterocycles. The number of hydrogen-bond donors (Lipinski definition) is 1. The van der Waals surface area contributed by atoms with Crippen LogP contribution in [-0.4, -0.2) is 64.0 Å². The van der Waals surface area contributed by atoms with Crippen molar-refractivity contribution < 1.29 is 32.7 Å². The predicted molar refractivity (Wildman–Crippen MR) is 92.4 cm³/mol. The molecule has 2 aliphatic heterocycles. The van der Waals surface area contributed by atoms with Crippen LogP contribution in [0.5, 0.6) is 0 Å². The van der Waals surface area contributed by atoms with Crippen LogP contribution in [0.3, 0.4) is 0 Å². The van der Waals surface area contributed by atoms with Crippen molar-refractivity contribution in [3.63, 3.8) is 0 Å². The molecule has 2 saturated heterocycles. The summed E-state index contributed by atoms with van der Waals surface area (Å²) in [5.74, 6) is -6.39. The Kier molecular flexibility index (Phi) is 5.12. The third-order valence-electron chi connectivity index (χ3n) is 5.71. The third kappa shape index (κ3) is 3.45. The zero-order chi connectivity index (χ0) is 20.7. The number of alkyl halides is 3. The van der Waals surface area contributed by atoms with Gasteiger partial charge in [0.1, 0.15) is 5.54 Å². The number of halogens is 3. The number of likely N-dealkylation sites (tertiary alicyclic amines) is 2. The third-order valence-corrected chi connectivity index (χ3v) is 5.71. The summed E-state index contributed by atoms with van der Waals surface area (Å²) in [6, 6.07) is 8.35. The molecule has 3 rings (SSSR count). The lowest BCUT2D eigenvalue weighted by Gasteiger charge is -2.37. The first kappa shape index (κ1) is 20.2. The van der Waals surface area contributed by atoms with Gasteiger partial charge in [-0.1, -0.05) is 18.2 Å². The average molecular weight is 398 g/mol. The van der Waals surface area contributed by atoms with Crippen LogP contribution in [0.1, 0.15) is 30.1 Å². The molecule has 2 amide bonds. The van der Waals surface area contributed by atoms with Crippen LogP contribution in [0.25, 0.3) is 0 Å². The van der Waals surface area contributed by atoms with Crippen LogP contribution in [-0.2, 0) is 9.59 Å². The highest BCUT2D eigenvalue weighted by Gasteiger charge is 2.56. The van der Waals surface area contributed by atoms with E-state index in [9.17, 15) is 27.6 Å². The highest BCUT2D eigenvalue weighted by molar-refractivity contribution is 5.99. The molecule has 0 radical (unpaired) electrons. The molecule has 0 bridgehead atoms. The normalized spacial score (nSPS) is 27.9. The number of benzene rings is 1. The molecule has 3 atom stereocenters. The first-order chi connectivity index (χ1) is 13.1. The van der Waals surface area contributed by atoms with Gasteiger partial charge in [0.15, 0.2) is 0 Å². The molecule has 0 saturated carbocycles. The molecule has 9 heteroatoms. The Morgan fingerprint density at radius 1 is 1.14 bits per heavy atom.